The molecule has 6 heteroatoms. The van der Waals surface area contributed by atoms with Crippen LogP contribution in [0.4, 0.5) is 5.82 Å². The van der Waals surface area contributed by atoms with E-state index in [2.05, 4.69) is 27.0 Å². The summed E-state index contributed by atoms with van der Waals surface area (Å²) in [5.74, 6) is 1.07. The van der Waals surface area contributed by atoms with Crippen molar-refractivity contribution in [2.45, 2.75) is 0 Å². The Balaban J connectivity index is 1.33. The molecule has 1 fully saturated rings. The summed E-state index contributed by atoms with van der Waals surface area (Å²) in [5.41, 5.74) is 0.754. The Morgan fingerprint density at radius 2 is 1.74 bits per heavy atom. The summed E-state index contributed by atoms with van der Waals surface area (Å²) in [6.07, 6.45) is 1.63. The molecule has 0 N–H and O–H groups in total. The van der Waals surface area contributed by atoms with Gasteiger partial charge in [-0.1, -0.05) is 30.3 Å². The summed E-state index contributed by atoms with van der Waals surface area (Å²) in [7, 11) is 0. The van der Waals surface area contributed by atoms with Crippen molar-refractivity contribution < 1.29 is 4.79 Å². The van der Waals surface area contributed by atoms with E-state index < -0.39 is 0 Å². The molecule has 1 amide bonds. The normalized spacial score (nSPS) is 14.8. The maximum Gasteiger partial charge on any atom is 0.253 e. The predicted molar refractivity (Wildman–Crippen MR) is 109 cm³/mol. The summed E-state index contributed by atoms with van der Waals surface area (Å²) >= 11 is 1.63. The molecule has 27 heavy (non-hydrogen) atoms. The molecule has 134 valence electrons. The lowest BCUT2D eigenvalue weighted by atomic mass is 10.1. The van der Waals surface area contributed by atoms with Gasteiger partial charge in [0.2, 0.25) is 0 Å². The van der Waals surface area contributed by atoms with E-state index in [0.29, 0.717) is 13.1 Å². The third-order valence-electron chi connectivity index (χ3n) is 5.10. The van der Waals surface area contributed by atoms with Crippen LogP contribution in [0.5, 0.6) is 0 Å². The predicted octanol–water partition coefficient (Wildman–Crippen LogP) is 3.81. The van der Waals surface area contributed by atoms with Crippen LogP contribution in [0, 0.1) is 0 Å². The van der Waals surface area contributed by atoms with Gasteiger partial charge in [0.05, 0.1) is 5.39 Å². The Morgan fingerprint density at radius 1 is 0.926 bits per heavy atom. The van der Waals surface area contributed by atoms with E-state index in [-0.39, 0.29) is 5.91 Å². The van der Waals surface area contributed by atoms with E-state index >= 15 is 0 Å². The Labute approximate surface area is 160 Å². The van der Waals surface area contributed by atoms with Crippen LogP contribution in [0.15, 0.2) is 60.2 Å². The van der Waals surface area contributed by atoms with Crippen LogP contribution in [-0.2, 0) is 0 Å². The summed E-state index contributed by atoms with van der Waals surface area (Å²) in [6.45, 7) is 2.95. The number of nitrogens with zero attached hydrogens (tertiary/aromatic N) is 4. The third-order valence-corrected chi connectivity index (χ3v) is 5.92. The molecule has 1 aliphatic rings. The van der Waals surface area contributed by atoms with Gasteiger partial charge in [-0.25, -0.2) is 9.97 Å². The number of benzene rings is 2. The number of piperazine rings is 1. The second-order valence-corrected chi connectivity index (χ2v) is 7.57. The third kappa shape index (κ3) is 2.92. The van der Waals surface area contributed by atoms with Crippen LogP contribution in [0.3, 0.4) is 0 Å². The molecule has 0 bridgehead atoms. The molecule has 2 aromatic heterocycles. The lowest BCUT2D eigenvalue weighted by molar-refractivity contribution is 0.0747. The number of aromatic nitrogens is 2. The number of thiophene rings is 1. The quantitative estimate of drug-likeness (QED) is 0.535. The van der Waals surface area contributed by atoms with Gasteiger partial charge < -0.3 is 9.80 Å². The van der Waals surface area contributed by atoms with Gasteiger partial charge in [-0.05, 0) is 34.4 Å². The van der Waals surface area contributed by atoms with Gasteiger partial charge in [-0.3, -0.25) is 4.79 Å². The molecule has 0 unspecified atom stereocenters. The molecule has 0 atom stereocenters. The van der Waals surface area contributed by atoms with Crippen LogP contribution in [-0.4, -0.2) is 47.0 Å². The van der Waals surface area contributed by atoms with Gasteiger partial charge in [0.1, 0.15) is 17.0 Å². The highest BCUT2D eigenvalue weighted by molar-refractivity contribution is 7.16. The van der Waals surface area contributed by atoms with E-state index in [1.165, 1.54) is 0 Å². The standard InChI is InChI=1S/C21H18N4OS/c26-21(17-6-5-15-3-1-2-4-16(15)13-17)25-10-8-24(9-11-25)19-18-7-12-27-20(18)23-14-22-19/h1-7,12-14H,8-11H2. The van der Waals surface area contributed by atoms with Crippen LogP contribution < -0.4 is 4.90 Å². The Hall–Kier alpha value is -2.99. The fourth-order valence-corrected chi connectivity index (χ4v) is 4.38. The number of hydrogen-bond donors (Lipinski definition) is 0. The highest BCUT2D eigenvalue weighted by atomic mass is 32.1. The maximum absolute atomic E-state index is 12.9. The first-order valence-electron chi connectivity index (χ1n) is 9.01. The molecule has 4 aromatic rings. The van der Waals surface area contributed by atoms with Gasteiger partial charge >= 0.3 is 0 Å². The molecule has 1 aliphatic heterocycles. The topological polar surface area (TPSA) is 49.3 Å². The lowest BCUT2D eigenvalue weighted by Gasteiger charge is -2.35. The van der Waals surface area contributed by atoms with Crippen molar-refractivity contribution in [3.05, 3.63) is 65.8 Å². The SMILES string of the molecule is O=C(c1ccc2ccccc2c1)N1CCN(c2ncnc3sccc23)CC1. The largest absolute Gasteiger partial charge is 0.352 e. The van der Waals surface area contributed by atoms with E-state index in [1.54, 1.807) is 17.7 Å². The van der Waals surface area contributed by atoms with Crippen molar-refractivity contribution in [3.63, 3.8) is 0 Å². The monoisotopic (exact) mass is 374 g/mol. The van der Waals surface area contributed by atoms with Crippen molar-refractivity contribution in [1.29, 1.82) is 0 Å². The zero-order valence-corrected chi connectivity index (χ0v) is 15.5. The molecule has 1 saturated heterocycles. The van der Waals surface area contributed by atoms with Crippen molar-refractivity contribution >= 4 is 44.1 Å². The maximum atomic E-state index is 12.9. The van der Waals surface area contributed by atoms with Crippen molar-refractivity contribution in [1.82, 2.24) is 14.9 Å². The number of carbonyl (C=O) groups is 1. The number of amides is 1. The fraction of sp³-hybridized carbons (Fsp3) is 0.190. The fourth-order valence-electron chi connectivity index (χ4n) is 3.66. The Morgan fingerprint density at radius 3 is 2.59 bits per heavy atom. The number of anilines is 1. The summed E-state index contributed by atoms with van der Waals surface area (Å²) in [5, 5.41) is 5.39. The second-order valence-electron chi connectivity index (χ2n) is 6.68. The summed E-state index contributed by atoms with van der Waals surface area (Å²) in [4.78, 5) is 26.9. The molecule has 3 heterocycles. The van der Waals surface area contributed by atoms with Crippen LogP contribution >= 0.6 is 11.3 Å². The number of hydrogen-bond acceptors (Lipinski definition) is 5. The zero-order chi connectivity index (χ0) is 18.2. The van der Waals surface area contributed by atoms with Gasteiger partial charge in [-0.2, -0.15) is 0 Å². The molecular formula is C21H18N4OS. The lowest BCUT2D eigenvalue weighted by Crippen LogP contribution is -2.49. The highest BCUT2D eigenvalue weighted by Gasteiger charge is 2.24. The minimum atomic E-state index is 0.101. The first-order chi connectivity index (χ1) is 13.3. The summed E-state index contributed by atoms with van der Waals surface area (Å²) < 4.78 is 0. The van der Waals surface area contributed by atoms with Crippen LogP contribution in [0.1, 0.15) is 10.4 Å². The van der Waals surface area contributed by atoms with Gasteiger partial charge in [0, 0.05) is 31.7 Å². The van der Waals surface area contributed by atoms with Gasteiger partial charge in [0.15, 0.2) is 0 Å². The molecule has 0 saturated carbocycles. The molecule has 5 nitrogen and oxygen atoms in total. The Bertz CT molecular complexity index is 1130. The van der Waals surface area contributed by atoms with Crippen LogP contribution in [0.25, 0.3) is 21.0 Å². The van der Waals surface area contributed by atoms with E-state index in [4.69, 9.17) is 0 Å². The minimum absolute atomic E-state index is 0.101. The van der Waals surface area contributed by atoms with Crippen molar-refractivity contribution in [2.75, 3.05) is 31.1 Å². The van der Waals surface area contributed by atoms with Crippen molar-refractivity contribution in [2.24, 2.45) is 0 Å². The smallest absolute Gasteiger partial charge is 0.253 e. The molecule has 0 spiro atoms. The zero-order valence-electron chi connectivity index (χ0n) is 14.7. The van der Waals surface area contributed by atoms with E-state index in [0.717, 1.165) is 45.5 Å². The highest BCUT2D eigenvalue weighted by Crippen LogP contribution is 2.27. The van der Waals surface area contributed by atoms with E-state index in [1.807, 2.05) is 46.7 Å². The van der Waals surface area contributed by atoms with Gasteiger partial charge in [-0.15, -0.1) is 11.3 Å². The molecule has 5 rings (SSSR count). The molecule has 2 aromatic carbocycles. The minimum Gasteiger partial charge on any atom is -0.352 e. The molecular weight excluding hydrogens is 356 g/mol. The second kappa shape index (κ2) is 6.63. The first kappa shape index (κ1) is 16.2. The van der Waals surface area contributed by atoms with Gasteiger partial charge in [0.25, 0.3) is 5.91 Å². The van der Waals surface area contributed by atoms with Crippen LogP contribution in [0.2, 0.25) is 0 Å². The number of rotatable bonds is 2. The number of carbonyl (C=O) groups excluding carboxylic acids is 1. The first-order valence-corrected chi connectivity index (χ1v) is 9.89. The van der Waals surface area contributed by atoms with E-state index in [9.17, 15) is 4.79 Å². The van der Waals surface area contributed by atoms with Crippen molar-refractivity contribution in [3.8, 4) is 0 Å². The average Bonchev–Trinajstić information content (AvgIpc) is 3.22. The molecule has 0 radical (unpaired) electrons. The molecule has 0 aliphatic carbocycles. The average molecular weight is 374 g/mol. The summed E-state index contributed by atoms with van der Waals surface area (Å²) in [6, 6.07) is 16.1. The Kier molecular flexibility index (Phi) is 3.98. The number of fused-ring (bicyclic) bond motifs is 2.